The minimum Gasteiger partial charge on any atom is -0.493 e. The van der Waals surface area contributed by atoms with Crippen LogP contribution in [-0.2, 0) is 27.5 Å². The van der Waals surface area contributed by atoms with Crippen molar-refractivity contribution in [3.63, 3.8) is 0 Å². The molecule has 0 spiro atoms. The van der Waals surface area contributed by atoms with Gasteiger partial charge in [0, 0.05) is 12.1 Å². The molecule has 38 heavy (non-hydrogen) atoms. The van der Waals surface area contributed by atoms with Gasteiger partial charge in [0.2, 0.25) is 11.7 Å². The number of alkyl halides is 3. The average Bonchev–Trinajstić information content (AvgIpc) is 2.89. The van der Waals surface area contributed by atoms with E-state index in [1.165, 1.54) is 39.5 Å². The Hall–Kier alpha value is -3.93. The van der Waals surface area contributed by atoms with Crippen LogP contribution in [0.4, 0.5) is 18.9 Å². The van der Waals surface area contributed by atoms with Crippen LogP contribution in [0.2, 0.25) is 0 Å². The molecule has 8 nitrogen and oxygen atoms in total. The molecule has 0 aliphatic rings. The maximum atomic E-state index is 13.5. The summed E-state index contributed by atoms with van der Waals surface area (Å²) in [6.07, 6.45) is -4.71. The first-order valence-electron chi connectivity index (χ1n) is 11.2. The number of carbonyl (C=O) groups excluding carboxylic acids is 1. The number of hydrogen-bond donors (Lipinski definition) is 1. The number of anilines is 1. The molecule has 0 fully saturated rings. The number of nitrogens with one attached hydrogen (secondary N) is 1. The number of amides is 1. The lowest BCUT2D eigenvalue weighted by Crippen LogP contribution is -2.40. The van der Waals surface area contributed by atoms with Gasteiger partial charge in [-0.05, 0) is 49.4 Å². The van der Waals surface area contributed by atoms with E-state index in [9.17, 15) is 26.4 Å². The van der Waals surface area contributed by atoms with Crippen molar-refractivity contribution in [3.8, 4) is 17.2 Å². The Morgan fingerprint density at radius 2 is 1.58 bits per heavy atom. The first-order chi connectivity index (χ1) is 17.9. The van der Waals surface area contributed by atoms with E-state index < -0.39 is 34.2 Å². The largest absolute Gasteiger partial charge is 0.493 e. The minimum atomic E-state index is -4.71. The van der Waals surface area contributed by atoms with E-state index in [0.29, 0.717) is 33.2 Å². The molecule has 0 atom stereocenters. The highest BCUT2D eigenvalue weighted by molar-refractivity contribution is 7.92. The predicted molar refractivity (Wildman–Crippen MR) is 135 cm³/mol. The number of rotatable bonds is 10. The van der Waals surface area contributed by atoms with E-state index in [0.717, 1.165) is 17.7 Å². The van der Waals surface area contributed by atoms with Crippen LogP contribution in [0.5, 0.6) is 17.2 Å². The fourth-order valence-corrected chi connectivity index (χ4v) is 5.09. The molecule has 0 radical (unpaired) electrons. The molecule has 1 amide bonds. The van der Waals surface area contributed by atoms with Gasteiger partial charge >= 0.3 is 6.18 Å². The van der Waals surface area contributed by atoms with Crippen molar-refractivity contribution in [3.05, 3.63) is 77.4 Å². The van der Waals surface area contributed by atoms with Gasteiger partial charge in [-0.25, -0.2) is 8.42 Å². The lowest BCUT2D eigenvalue weighted by Gasteiger charge is -2.25. The lowest BCUT2D eigenvalue weighted by molar-refractivity contribution is -0.137. The van der Waals surface area contributed by atoms with Crippen LogP contribution in [0.15, 0.2) is 65.6 Å². The van der Waals surface area contributed by atoms with Gasteiger partial charge in [0.1, 0.15) is 6.54 Å². The normalized spacial score (nSPS) is 11.6. The number of carbonyl (C=O) groups is 1. The summed E-state index contributed by atoms with van der Waals surface area (Å²) >= 11 is 0. The Bertz CT molecular complexity index is 1390. The highest BCUT2D eigenvalue weighted by Crippen LogP contribution is 2.39. The first-order valence-corrected chi connectivity index (χ1v) is 12.7. The zero-order valence-corrected chi connectivity index (χ0v) is 21.9. The Morgan fingerprint density at radius 1 is 0.921 bits per heavy atom. The van der Waals surface area contributed by atoms with Gasteiger partial charge in [0.25, 0.3) is 10.0 Å². The van der Waals surface area contributed by atoms with E-state index in [1.807, 2.05) is 0 Å². The molecule has 0 saturated heterocycles. The lowest BCUT2D eigenvalue weighted by atomic mass is 10.1. The molecule has 204 valence electrons. The van der Waals surface area contributed by atoms with Crippen molar-refractivity contribution in [2.75, 3.05) is 32.2 Å². The monoisotopic (exact) mass is 552 g/mol. The second-order valence-corrected chi connectivity index (χ2v) is 10.0. The first kappa shape index (κ1) is 28.6. The van der Waals surface area contributed by atoms with Crippen molar-refractivity contribution >= 4 is 21.6 Å². The topological polar surface area (TPSA) is 94.2 Å². The molecule has 3 rings (SSSR count). The van der Waals surface area contributed by atoms with Crippen LogP contribution in [0.25, 0.3) is 0 Å². The molecule has 0 unspecified atom stereocenters. The Morgan fingerprint density at radius 3 is 2.16 bits per heavy atom. The molecule has 3 aromatic rings. The van der Waals surface area contributed by atoms with Crippen LogP contribution < -0.4 is 23.8 Å². The molecule has 0 aliphatic carbocycles. The number of ether oxygens (including phenoxy) is 3. The second-order valence-electron chi connectivity index (χ2n) is 8.14. The number of methoxy groups -OCH3 is 3. The summed E-state index contributed by atoms with van der Waals surface area (Å²) in [6.45, 7) is 0.910. The summed E-state index contributed by atoms with van der Waals surface area (Å²) < 4.78 is 83.7. The SMILES string of the molecule is COc1ccc(CNC(=O)CN(c2cccc(C(F)(F)F)c2)S(=O)(=O)c2ccc(C)cc2)c(OC)c1OC. The smallest absolute Gasteiger partial charge is 0.416 e. The summed E-state index contributed by atoms with van der Waals surface area (Å²) in [5.41, 5.74) is -0.0597. The van der Waals surface area contributed by atoms with Crippen molar-refractivity contribution in [1.29, 1.82) is 0 Å². The van der Waals surface area contributed by atoms with E-state index in [-0.39, 0.29) is 17.1 Å². The number of sulfonamides is 1. The molecule has 0 aliphatic heterocycles. The highest BCUT2D eigenvalue weighted by Gasteiger charge is 2.33. The third-order valence-electron chi connectivity index (χ3n) is 5.62. The van der Waals surface area contributed by atoms with Crippen LogP contribution >= 0.6 is 0 Å². The number of aryl methyl sites for hydroxylation is 1. The number of hydrogen-bond acceptors (Lipinski definition) is 6. The highest BCUT2D eigenvalue weighted by atomic mass is 32.2. The maximum Gasteiger partial charge on any atom is 0.416 e. The Balaban J connectivity index is 1.94. The van der Waals surface area contributed by atoms with E-state index in [1.54, 1.807) is 31.2 Å². The third kappa shape index (κ3) is 6.31. The number of halogens is 3. The predicted octanol–water partition coefficient (Wildman–Crippen LogP) is 4.55. The molecule has 3 aromatic carbocycles. The van der Waals surface area contributed by atoms with Gasteiger partial charge in [-0.1, -0.05) is 23.8 Å². The number of benzene rings is 3. The van der Waals surface area contributed by atoms with Gasteiger partial charge in [0.15, 0.2) is 11.5 Å². The number of nitrogens with zero attached hydrogens (tertiary/aromatic N) is 1. The summed E-state index contributed by atoms with van der Waals surface area (Å²) in [4.78, 5) is 12.8. The van der Waals surface area contributed by atoms with Crippen molar-refractivity contribution in [2.45, 2.75) is 24.5 Å². The average molecular weight is 553 g/mol. The standard InChI is InChI=1S/C26H27F3N2O6S/c1-17-8-11-21(12-9-17)38(33,34)31(20-7-5-6-19(14-20)26(27,28)29)16-23(32)30-15-18-10-13-22(35-2)25(37-4)24(18)36-3/h5-14H,15-16H2,1-4H3,(H,30,32). The van der Waals surface area contributed by atoms with E-state index in [4.69, 9.17) is 14.2 Å². The molecule has 0 aromatic heterocycles. The van der Waals surface area contributed by atoms with Crippen LogP contribution in [0.1, 0.15) is 16.7 Å². The molecular weight excluding hydrogens is 525 g/mol. The fourth-order valence-electron chi connectivity index (χ4n) is 3.67. The fraction of sp³-hybridized carbons (Fsp3) is 0.269. The van der Waals surface area contributed by atoms with Crippen LogP contribution in [-0.4, -0.2) is 42.2 Å². The summed E-state index contributed by atoms with van der Waals surface area (Å²) in [5.74, 6) is 0.248. The van der Waals surface area contributed by atoms with Gasteiger partial charge < -0.3 is 19.5 Å². The summed E-state index contributed by atoms with van der Waals surface area (Å²) in [7, 11) is -0.115. The molecule has 12 heteroatoms. The third-order valence-corrected chi connectivity index (χ3v) is 7.41. The Labute approximate surface area is 219 Å². The van der Waals surface area contributed by atoms with Crippen LogP contribution in [0, 0.1) is 6.92 Å². The summed E-state index contributed by atoms with van der Waals surface area (Å²) in [6, 6.07) is 12.8. The van der Waals surface area contributed by atoms with Crippen LogP contribution in [0.3, 0.4) is 0 Å². The second kappa shape index (κ2) is 11.6. The summed E-state index contributed by atoms with van der Waals surface area (Å²) in [5, 5.41) is 2.60. The van der Waals surface area contributed by atoms with E-state index >= 15 is 0 Å². The minimum absolute atomic E-state index is 0.0800. The molecule has 1 N–H and O–H groups in total. The van der Waals surface area contributed by atoms with Gasteiger partial charge in [-0.2, -0.15) is 13.2 Å². The van der Waals surface area contributed by atoms with Crippen molar-refractivity contribution in [1.82, 2.24) is 5.32 Å². The van der Waals surface area contributed by atoms with Gasteiger partial charge in [-0.3, -0.25) is 9.10 Å². The van der Waals surface area contributed by atoms with E-state index in [2.05, 4.69) is 5.32 Å². The zero-order valence-electron chi connectivity index (χ0n) is 21.1. The molecule has 0 bridgehead atoms. The zero-order chi connectivity index (χ0) is 28.1. The molecule has 0 saturated carbocycles. The molecular formula is C26H27F3N2O6S. The van der Waals surface area contributed by atoms with Crippen molar-refractivity contribution < 1.29 is 40.6 Å². The molecule has 0 heterocycles. The van der Waals surface area contributed by atoms with Crippen molar-refractivity contribution in [2.24, 2.45) is 0 Å². The quantitative estimate of drug-likeness (QED) is 0.397. The maximum absolute atomic E-state index is 13.5. The Kier molecular flexibility index (Phi) is 8.77. The van der Waals surface area contributed by atoms with Gasteiger partial charge in [-0.15, -0.1) is 0 Å². The van der Waals surface area contributed by atoms with Gasteiger partial charge in [0.05, 0.1) is 37.5 Å².